The van der Waals surface area contributed by atoms with Crippen LogP contribution in [-0.4, -0.2) is 55.6 Å². The van der Waals surface area contributed by atoms with Gasteiger partial charge in [0, 0.05) is 12.1 Å². The van der Waals surface area contributed by atoms with Crippen molar-refractivity contribution in [1.29, 1.82) is 0 Å². The molecule has 1 rings (SSSR count). The number of ether oxygens (including phenoxy) is 1. The van der Waals surface area contributed by atoms with E-state index in [1.54, 1.807) is 6.92 Å². The fourth-order valence-electron chi connectivity index (χ4n) is 2.07. The van der Waals surface area contributed by atoms with Crippen LogP contribution in [0.2, 0.25) is 0 Å². The molecule has 0 aromatic carbocycles. The van der Waals surface area contributed by atoms with Crippen LogP contribution in [-0.2, 0) is 14.3 Å². The van der Waals surface area contributed by atoms with E-state index in [9.17, 15) is 9.59 Å². The van der Waals surface area contributed by atoms with Crippen LogP contribution >= 0.6 is 0 Å². The number of amides is 1. The molecule has 6 heteroatoms. The molecule has 0 saturated heterocycles. The molecular formula is C12H23N3O3. The fraction of sp³-hybridized carbons (Fsp3) is 0.833. The molecule has 1 amide bonds. The van der Waals surface area contributed by atoms with Crippen LogP contribution < -0.4 is 11.1 Å². The summed E-state index contributed by atoms with van der Waals surface area (Å²) in [4.78, 5) is 25.1. The van der Waals surface area contributed by atoms with Gasteiger partial charge in [-0.15, -0.1) is 0 Å². The zero-order valence-corrected chi connectivity index (χ0v) is 11.4. The van der Waals surface area contributed by atoms with Crippen LogP contribution in [0.25, 0.3) is 0 Å². The van der Waals surface area contributed by atoms with E-state index in [4.69, 9.17) is 10.5 Å². The van der Waals surface area contributed by atoms with Gasteiger partial charge in [0.2, 0.25) is 5.91 Å². The number of hydrogen-bond acceptors (Lipinski definition) is 5. The minimum absolute atomic E-state index is 0.0179. The molecule has 104 valence electrons. The summed E-state index contributed by atoms with van der Waals surface area (Å²) in [5.41, 5.74) is 5.53. The van der Waals surface area contributed by atoms with Crippen molar-refractivity contribution in [1.82, 2.24) is 10.2 Å². The Balaban J connectivity index is 2.43. The van der Waals surface area contributed by atoms with Crippen molar-refractivity contribution in [3.63, 3.8) is 0 Å². The Kier molecular flexibility index (Phi) is 5.10. The average Bonchev–Trinajstić information content (AvgIpc) is 2.26. The fourth-order valence-corrected chi connectivity index (χ4v) is 2.07. The number of nitrogens with one attached hydrogen (secondary N) is 1. The van der Waals surface area contributed by atoms with Gasteiger partial charge in [-0.05, 0) is 40.3 Å². The van der Waals surface area contributed by atoms with E-state index in [-0.39, 0.29) is 12.1 Å². The first-order chi connectivity index (χ1) is 8.43. The predicted molar refractivity (Wildman–Crippen MR) is 67.9 cm³/mol. The maximum atomic E-state index is 11.7. The van der Waals surface area contributed by atoms with Crippen LogP contribution in [0.3, 0.4) is 0 Å². The van der Waals surface area contributed by atoms with Crippen LogP contribution in [0.5, 0.6) is 0 Å². The summed E-state index contributed by atoms with van der Waals surface area (Å²) < 4.78 is 4.71. The second-order valence-corrected chi connectivity index (χ2v) is 4.92. The van der Waals surface area contributed by atoms with Crippen LogP contribution in [0.15, 0.2) is 0 Å². The minimum atomic E-state index is -1.23. The van der Waals surface area contributed by atoms with Crippen molar-refractivity contribution in [3.8, 4) is 0 Å². The predicted octanol–water partition coefficient (Wildman–Crippen LogP) is -0.523. The summed E-state index contributed by atoms with van der Waals surface area (Å²) in [6, 6.07) is -1.23. The number of rotatable bonds is 6. The van der Waals surface area contributed by atoms with Gasteiger partial charge in [0.1, 0.15) is 0 Å². The van der Waals surface area contributed by atoms with Gasteiger partial charge >= 0.3 is 5.97 Å². The lowest BCUT2D eigenvalue weighted by Gasteiger charge is -2.47. The van der Waals surface area contributed by atoms with Gasteiger partial charge in [-0.1, -0.05) is 0 Å². The molecule has 1 fully saturated rings. The van der Waals surface area contributed by atoms with E-state index < -0.39 is 17.9 Å². The molecule has 1 atom stereocenters. The zero-order valence-electron chi connectivity index (χ0n) is 11.4. The first kappa shape index (κ1) is 14.9. The van der Waals surface area contributed by atoms with E-state index in [2.05, 4.69) is 10.2 Å². The largest absolute Gasteiger partial charge is 0.464 e. The minimum Gasteiger partial charge on any atom is -0.464 e. The Labute approximate surface area is 108 Å². The quantitative estimate of drug-likeness (QED) is 0.494. The smallest absolute Gasteiger partial charge is 0.332 e. The Morgan fingerprint density at radius 2 is 2.06 bits per heavy atom. The van der Waals surface area contributed by atoms with Crippen LogP contribution in [0.1, 0.15) is 26.2 Å². The van der Waals surface area contributed by atoms with Crippen molar-refractivity contribution in [3.05, 3.63) is 0 Å². The van der Waals surface area contributed by atoms with E-state index in [0.717, 1.165) is 19.3 Å². The molecule has 1 aliphatic carbocycles. The molecule has 3 N–H and O–H groups in total. The second kappa shape index (κ2) is 6.15. The maximum absolute atomic E-state index is 11.7. The molecule has 0 radical (unpaired) electrons. The van der Waals surface area contributed by atoms with Crippen molar-refractivity contribution in [2.24, 2.45) is 5.73 Å². The normalized spacial score (nSPS) is 18.9. The van der Waals surface area contributed by atoms with Gasteiger partial charge < -0.3 is 20.7 Å². The van der Waals surface area contributed by atoms with Gasteiger partial charge in [-0.25, -0.2) is 4.79 Å². The van der Waals surface area contributed by atoms with Crippen molar-refractivity contribution in [2.75, 3.05) is 27.2 Å². The number of esters is 1. The molecule has 1 unspecified atom stereocenters. The van der Waals surface area contributed by atoms with E-state index in [1.807, 2.05) is 14.1 Å². The summed E-state index contributed by atoms with van der Waals surface area (Å²) in [5.74, 6) is -1.15. The second-order valence-electron chi connectivity index (χ2n) is 4.92. The molecule has 6 nitrogen and oxygen atoms in total. The lowest BCUT2D eigenvalue weighted by atomic mass is 9.75. The number of carbonyl (C=O) groups is 2. The average molecular weight is 257 g/mol. The van der Waals surface area contributed by atoms with Gasteiger partial charge in [-0.3, -0.25) is 4.79 Å². The molecule has 18 heavy (non-hydrogen) atoms. The van der Waals surface area contributed by atoms with E-state index >= 15 is 0 Å². The molecule has 1 saturated carbocycles. The van der Waals surface area contributed by atoms with Gasteiger partial charge in [0.05, 0.1) is 6.61 Å². The standard InChI is InChI=1S/C12H23N3O3/c1-4-18-11(17)9(13)10(16)14-8-12(15(2)3)6-5-7-12/h9H,4-8,13H2,1-3H3,(H,14,16). The third-order valence-electron chi connectivity index (χ3n) is 3.65. The number of carbonyl (C=O) groups excluding carboxylic acids is 2. The monoisotopic (exact) mass is 257 g/mol. The topological polar surface area (TPSA) is 84.7 Å². The Hall–Kier alpha value is -1.14. The van der Waals surface area contributed by atoms with Crippen LogP contribution in [0, 0.1) is 0 Å². The van der Waals surface area contributed by atoms with Crippen LogP contribution in [0.4, 0.5) is 0 Å². The van der Waals surface area contributed by atoms with Gasteiger partial charge in [0.25, 0.3) is 0 Å². The molecule has 0 bridgehead atoms. The molecule has 0 aromatic rings. The highest BCUT2D eigenvalue weighted by Gasteiger charge is 2.39. The molecule has 0 aliphatic heterocycles. The summed E-state index contributed by atoms with van der Waals surface area (Å²) >= 11 is 0. The highest BCUT2D eigenvalue weighted by molar-refractivity contribution is 6.01. The Morgan fingerprint density at radius 3 is 2.44 bits per heavy atom. The third kappa shape index (κ3) is 3.20. The van der Waals surface area contributed by atoms with Crippen molar-refractivity contribution >= 4 is 11.9 Å². The number of nitrogens with zero attached hydrogens (tertiary/aromatic N) is 1. The highest BCUT2D eigenvalue weighted by atomic mass is 16.5. The Bertz CT molecular complexity index is 314. The molecular weight excluding hydrogens is 234 g/mol. The van der Waals surface area contributed by atoms with Gasteiger partial charge in [-0.2, -0.15) is 0 Å². The lowest BCUT2D eigenvalue weighted by Crippen LogP contribution is -2.59. The molecule has 0 heterocycles. The molecule has 1 aliphatic rings. The molecule has 0 spiro atoms. The summed E-state index contributed by atoms with van der Waals surface area (Å²) in [6.45, 7) is 2.42. The maximum Gasteiger partial charge on any atom is 0.332 e. The summed E-state index contributed by atoms with van der Waals surface area (Å²) in [6.07, 6.45) is 3.27. The molecule has 0 aromatic heterocycles. The number of hydrogen-bond donors (Lipinski definition) is 2. The van der Waals surface area contributed by atoms with Gasteiger partial charge in [0.15, 0.2) is 6.04 Å². The Morgan fingerprint density at radius 1 is 1.44 bits per heavy atom. The summed E-state index contributed by atoms with van der Waals surface area (Å²) in [7, 11) is 3.99. The van der Waals surface area contributed by atoms with E-state index in [1.165, 1.54) is 0 Å². The first-order valence-electron chi connectivity index (χ1n) is 6.30. The lowest BCUT2D eigenvalue weighted by molar-refractivity contribution is -0.148. The third-order valence-corrected chi connectivity index (χ3v) is 3.65. The summed E-state index contributed by atoms with van der Waals surface area (Å²) in [5, 5.41) is 2.74. The zero-order chi connectivity index (χ0) is 13.8. The first-order valence-corrected chi connectivity index (χ1v) is 6.30. The SMILES string of the molecule is CCOC(=O)C(N)C(=O)NCC1(N(C)C)CCC1. The highest BCUT2D eigenvalue weighted by Crippen LogP contribution is 2.35. The number of likely N-dealkylation sites (N-methyl/N-ethyl adjacent to an activating group) is 1. The van der Waals surface area contributed by atoms with Crippen molar-refractivity contribution < 1.29 is 14.3 Å². The van der Waals surface area contributed by atoms with E-state index in [0.29, 0.717) is 6.54 Å². The number of nitrogens with two attached hydrogens (primary N) is 1. The van der Waals surface area contributed by atoms with Crippen molar-refractivity contribution in [2.45, 2.75) is 37.8 Å².